The van der Waals surface area contributed by atoms with Crippen molar-refractivity contribution < 1.29 is 4.42 Å². The monoisotopic (exact) mass is 270 g/mol. The first-order valence-electron chi connectivity index (χ1n) is 6.83. The minimum absolute atomic E-state index is 0.172. The van der Waals surface area contributed by atoms with Crippen molar-refractivity contribution in [2.75, 3.05) is 0 Å². The molecule has 0 saturated carbocycles. The third-order valence-corrected chi connectivity index (χ3v) is 2.97. The summed E-state index contributed by atoms with van der Waals surface area (Å²) < 4.78 is 5.17. The van der Waals surface area contributed by atoms with Gasteiger partial charge in [-0.2, -0.15) is 4.98 Å². The van der Waals surface area contributed by atoms with E-state index in [-0.39, 0.29) is 5.92 Å². The van der Waals surface area contributed by atoms with Gasteiger partial charge in [0.05, 0.1) is 5.69 Å². The molecule has 0 fully saturated rings. The van der Waals surface area contributed by atoms with Gasteiger partial charge in [-0.1, -0.05) is 27.7 Å². The lowest BCUT2D eigenvalue weighted by Gasteiger charge is -2.08. The van der Waals surface area contributed by atoms with Gasteiger partial charge in [-0.05, 0) is 29.5 Å². The number of hydrogen-bond donors (Lipinski definition) is 0. The SMILES string of the molecule is CC.CC(C)c1nc(=O)oc2cc3ccncc3cc12. The standard InChI is InChI=1S/C14H12N2O2.C2H6/c1-8(2)13-11-5-10-7-15-4-3-9(10)6-12(11)18-14(17)16-13;1-2/h3-8H,1-2H3;1-2H3. The molecule has 3 aromatic rings. The van der Waals surface area contributed by atoms with Crippen molar-refractivity contribution in [3.8, 4) is 0 Å². The van der Waals surface area contributed by atoms with Gasteiger partial charge in [0.1, 0.15) is 5.58 Å². The first-order chi connectivity index (χ1) is 9.65. The van der Waals surface area contributed by atoms with E-state index in [1.165, 1.54) is 0 Å². The van der Waals surface area contributed by atoms with E-state index in [1.807, 2.05) is 45.9 Å². The van der Waals surface area contributed by atoms with Crippen LogP contribution in [0.25, 0.3) is 21.7 Å². The average Bonchev–Trinajstić information content (AvgIpc) is 2.46. The Bertz CT molecular complexity index is 791. The number of pyridine rings is 1. The predicted molar refractivity (Wildman–Crippen MR) is 81.0 cm³/mol. The second-order valence-corrected chi connectivity index (χ2v) is 4.59. The number of hydrogen-bond acceptors (Lipinski definition) is 4. The molecule has 0 radical (unpaired) electrons. The van der Waals surface area contributed by atoms with Gasteiger partial charge in [0.15, 0.2) is 0 Å². The van der Waals surface area contributed by atoms with Crippen LogP contribution in [0, 0.1) is 0 Å². The molecule has 2 aromatic heterocycles. The summed E-state index contributed by atoms with van der Waals surface area (Å²) in [6, 6.07) is 5.73. The lowest BCUT2D eigenvalue weighted by atomic mass is 10.0. The van der Waals surface area contributed by atoms with Crippen LogP contribution in [-0.2, 0) is 0 Å². The van der Waals surface area contributed by atoms with Gasteiger partial charge >= 0.3 is 5.76 Å². The van der Waals surface area contributed by atoms with Crippen LogP contribution in [0.15, 0.2) is 39.8 Å². The van der Waals surface area contributed by atoms with Crippen molar-refractivity contribution in [2.24, 2.45) is 0 Å². The molecule has 0 aliphatic rings. The fraction of sp³-hybridized carbons (Fsp3) is 0.312. The molecule has 0 spiro atoms. The highest BCUT2D eigenvalue weighted by Gasteiger charge is 2.11. The highest BCUT2D eigenvalue weighted by Crippen LogP contribution is 2.26. The summed E-state index contributed by atoms with van der Waals surface area (Å²) in [6.45, 7) is 8.02. The summed E-state index contributed by atoms with van der Waals surface area (Å²) in [6.07, 6.45) is 3.51. The molecule has 0 amide bonds. The third kappa shape index (κ3) is 2.54. The normalized spacial score (nSPS) is 10.7. The Morgan fingerprint density at radius 3 is 2.60 bits per heavy atom. The highest BCUT2D eigenvalue weighted by atomic mass is 16.4. The van der Waals surface area contributed by atoms with E-state index in [0.717, 1.165) is 21.9 Å². The van der Waals surface area contributed by atoms with Crippen molar-refractivity contribution in [3.63, 3.8) is 0 Å². The molecule has 104 valence electrons. The van der Waals surface area contributed by atoms with Crippen molar-refractivity contribution in [2.45, 2.75) is 33.6 Å². The molecule has 0 aliphatic heterocycles. The van der Waals surface area contributed by atoms with Crippen LogP contribution < -0.4 is 5.76 Å². The Morgan fingerprint density at radius 1 is 1.15 bits per heavy atom. The molecule has 4 heteroatoms. The maximum absolute atomic E-state index is 11.5. The van der Waals surface area contributed by atoms with Crippen LogP contribution >= 0.6 is 0 Å². The van der Waals surface area contributed by atoms with E-state index in [0.29, 0.717) is 5.58 Å². The number of nitrogens with zero attached hydrogens (tertiary/aromatic N) is 2. The lowest BCUT2D eigenvalue weighted by molar-refractivity contribution is 0.523. The topological polar surface area (TPSA) is 56.0 Å². The molecule has 1 aromatic carbocycles. The first-order valence-corrected chi connectivity index (χ1v) is 6.83. The van der Waals surface area contributed by atoms with Gasteiger partial charge in [-0.3, -0.25) is 4.98 Å². The van der Waals surface area contributed by atoms with E-state index < -0.39 is 5.76 Å². The van der Waals surface area contributed by atoms with Crippen molar-refractivity contribution >= 4 is 21.7 Å². The Hall–Kier alpha value is -2.23. The maximum Gasteiger partial charge on any atom is 0.439 e. The van der Waals surface area contributed by atoms with Crippen LogP contribution in [0.3, 0.4) is 0 Å². The Labute approximate surface area is 117 Å². The molecule has 0 saturated heterocycles. The van der Waals surface area contributed by atoms with Crippen molar-refractivity contribution in [1.82, 2.24) is 9.97 Å². The first kappa shape index (κ1) is 14.2. The van der Waals surface area contributed by atoms with E-state index in [9.17, 15) is 4.79 Å². The number of fused-ring (bicyclic) bond motifs is 2. The van der Waals surface area contributed by atoms with E-state index in [1.54, 1.807) is 12.4 Å². The van der Waals surface area contributed by atoms with E-state index >= 15 is 0 Å². The quantitative estimate of drug-likeness (QED) is 0.629. The molecule has 0 bridgehead atoms. The summed E-state index contributed by atoms with van der Waals surface area (Å²) >= 11 is 0. The van der Waals surface area contributed by atoms with Crippen LogP contribution in [0.5, 0.6) is 0 Å². The highest BCUT2D eigenvalue weighted by molar-refractivity contribution is 5.96. The molecule has 4 nitrogen and oxygen atoms in total. The largest absolute Gasteiger partial charge is 0.439 e. The Kier molecular flexibility index (Phi) is 4.13. The Balaban J connectivity index is 0.000000704. The molecule has 2 heterocycles. The lowest BCUT2D eigenvalue weighted by Crippen LogP contribution is -2.09. The zero-order chi connectivity index (χ0) is 14.7. The van der Waals surface area contributed by atoms with Gasteiger partial charge in [-0.15, -0.1) is 0 Å². The minimum Gasteiger partial charge on any atom is -0.408 e. The number of benzene rings is 1. The molecule has 0 atom stereocenters. The van der Waals surface area contributed by atoms with Crippen molar-refractivity contribution in [3.05, 3.63) is 46.8 Å². The smallest absolute Gasteiger partial charge is 0.408 e. The molecule has 3 rings (SSSR count). The fourth-order valence-corrected chi connectivity index (χ4v) is 2.12. The second-order valence-electron chi connectivity index (χ2n) is 4.59. The molecule has 0 unspecified atom stereocenters. The average molecular weight is 270 g/mol. The predicted octanol–water partition coefficient (Wildman–Crippen LogP) is 3.89. The van der Waals surface area contributed by atoms with Gasteiger partial charge in [0.25, 0.3) is 0 Å². The van der Waals surface area contributed by atoms with E-state index in [2.05, 4.69) is 9.97 Å². The van der Waals surface area contributed by atoms with Gasteiger partial charge in [0, 0.05) is 23.2 Å². The third-order valence-electron chi connectivity index (χ3n) is 2.97. The fourth-order valence-electron chi connectivity index (χ4n) is 2.12. The van der Waals surface area contributed by atoms with E-state index in [4.69, 9.17) is 4.42 Å². The molecule has 20 heavy (non-hydrogen) atoms. The number of rotatable bonds is 1. The molecule has 0 N–H and O–H groups in total. The maximum atomic E-state index is 11.5. The minimum atomic E-state index is -0.542. The summed E-state index contributed by atoms with van der Waals surface area (Å²) in [5.74, 6) is -0.370. The van der Waals surface area contributed by atoms with Crippen molar-refractivity contribution in [1.29, 1.82) is 0 Å². The summed E-state index contributed by atoms with van der Waals surface area (Å²) in [7, 11) is 0. The van der Waals surface area contributed by atoms with Gasteiger partial charge in [0.2, 0.25) is 0 Å². The summed E-state index contributed by atoms with van der Waals surface area (Å²) in [5, 5.41) is 2.90. The van der Waals surface area contributed by atoms with Crippen LogP contribution in [0.4, 0.5) is 0 Å². The van der Waals surface area contributed by atoms with Gasteiger partial charge < -0.3 is 4.42 Å². The van der Waals surface area contributed by atoms with Crippen LogP contribution in [0.1, 0.15) is 39.3 Å². The zero-order valence-corrected chi connectivity index (χ0v) is 12.2. The molecule has 0 aliphatic carbocycles. The van der Waals surface area contributed by atoms with Crippen LogP contribution in [0.2, 0.25) is 0 Å². The zero-order valence-electron chi connectivity index (χ0n) is 12.2. The van der Waals surface area contributed by atoms with Crippen LogP contribution in [-0.4, -0.2) is 9.97 Å². The Morgan fingerprint density at radius 2 is 1.90 bits per heavy atom. The summed E-state index contributed by atoms with van der Waals surface area (Å²) in [4.78, 5) is 19.5. The summed E-state index contributed by atoms with van der Waals surface area (Å²) in [5.41, 5.74) is 1.35. The molecular formula is C16H18N2O2. The van der Waals surface area contributed by atoms with Gasteiger partial charge in [-0.25, -0.2) is 4.79 Å². The second kappa shape index (κ2) is 5.82. The molecular weight excluding hydrogens is 252 g/mol. The number of aromatic nitrogens is 2.